The third kappa shape index (κ3) is 5.45. The van der Waals surface area contributed by atoms with Crippen molar-refractivity contribution in [3.63, 3.8) is 0 Å². The van der Waals surface area contributed by atoms with E-state index in [1.165, 1.54) is 23.9 Å². The molecule has 1 aromatic heterocycles. The second kappa shape index (κ2) is 8.58. The first-order chi connectivity index (χ1) is 11.5. The second-order valence-corrected chi connectivity index (χ2v) is 6.28. The molecule has 128 valence electrons. The van der Waals surface area contributed by atoms with Crippen molar-refractivity contribution in [3.05, 3.63) is 48.3 Å². The lowest BCUT2D eigenvalue weighted by Gasteiger charge is -2.17. The molecule has 5 nitrogen and oxygen atoms in total. The molecule has 2 aromatic rings. The zero-order chi connectivity index (χ0) is 17.5. The third-order valence-electron chi connectivity index (χ3n) is 3.16. The van der Waals surface area contributed by atoms with Crippen LogP contribution in [0, 0.1) is 0 Å². The highest BCUT2D eigenvalue weighted by Crippen LogP contribution is 2.22. The molecule has 0 spiro atoms. The minimum absolute atomic E-state index is 0.0810. The number of amides is 1. The number of nitrogens with zero attached hydrogens (tertiary/aromatic N) is 2. The van der Waals surface area contributed by atoms with Crippen LogP contribution in [0.2, 0.25) is 0 Å². The molecular weight excluding hydrogens is 336 g/mol. The Labute approximate surface area is 142 Å². The van der Waals surface area contributed by atoms with Gasteiger partial charge >= 0.3 is 6.61 Å². The van der Waals surface area contributed by atoms with E-state index in [4.69, 9.17) is 0 Å². The van der Waals surface area contributed by atoms with Gasteiger partial charge in [0.25, 0.3) is 0 Å². The Morgan fingerprint density at radius 3 is 2.38 bits per heavy atom. The Bertz CT molecular complexity index is 656. The van der Waals surface area contributed by atoms with Crippen molar-refractivity contribution < 1.29 is 18.3 Å². The maximum atomic E-state index is 12.2. The minimum Gasteiger partial charge on any atom is -0.435 e. The largest absolute Gasteiger partial charge is 0.435 e. The van der Waals surface area contributed by atoms with E-state index >= 15 is 0 Å². The average Bonchev–Trinajstić information content (AvgIpc) is 2.55. The summed E-state index contributed by atoms with van der Waals surface area (Å²) in [5, 5.41) is 3.04. The maximum absolute atomic E-state index is 12.2. The molecule has 2 unspecified atom stereocenters. The van der Waals surface area contributed by atoms with Crippen LogP contribution in [-0.2, 0) is 4.79 Å². The molecule has 1 heterocycles. The second-order valence-electron chi connectivity index (χ2n) is 4.97. The Morgan fingerprint density at radius 1 is 1.17 bits per heavy atom. The number of hydrogen-bond donors (Lipinski definition) is 1. The van der Waals surface area contributed by atoms with Crippen molar-refractivity contribution in [1.82, 2.24) is 15.3 Å². The molecule has 0 saturated heterocycles. The molecule has 8 heteroatoms. The number of halogens is 2. The number of benzene rings is 1. The lowest BCUT2D eigenvalue weighted by atomic mass is 10.1. The molecule has 0 aliphatic rings. The number of hydrogen-bond acceptors (Lipinski definition) is 5. The van der Waals surface area contributed by atoms with Crippen LogP contribution in [0.1, 0.15) is 25.5 Å². The van der Waals surface area contributed by atoms with Crippen molar-refractivity contribution in [3.8, 4) is 5.75 Å². The van der Waals surface area contributed by atoms with E-state index in [1.54, 1.807) is 37.5 Å². The summed E-state index contributed by atoms with van der Waals surface area (Å²) in [4.78, 5) is 20.4. The zero-order valence-corrected chi connectivity index (χ0v) is 14.0. The van der Waals surface area contributed by atoms with E-state index in [2.05, 4.69) is 20.0 Å². The Kier molecular flexibility index (Phi) is 6.48. The molecule has 0 bridgehead atoms. The SMILES string of the molecule is CC(Sc1ncccn1)C(=O)NC(C)c1ccc(OC(F)F)cc1. The molecule has 2 rings (SSSR count). The highest BCUT2D eigenvalue weighted by atomic mass is 32.2. The summed E-state index contributed by atoms with van der Waals surface area (Å²) in [6, 6.07) is 7.61. The quantitative estimate of drug-likeness (QED) is 0.610. The predicted octanol–water partition coefficient (Wildman–Crippen LogP) is 3.44. The van der Waals surface area contributed by atoms with Crippen LogP contribution in [0.4, 0.5) is 8.78 Å². The lowest BCUT2D eigenvalue weighted by Crippen LogP contribution is -2.33. The molecule has 1 amide bonds. The number of nitrogens with one attached hydrogen (secondary N) is 1. The van der Waals surface area contributed by atoms with Gasteiger partial charge in [-0.2, -0.15) is 8.78 Å². The van der Waals surface area contributed by atoms with Gasteiger partial charge in [-0.05, 0) is 37.6 Å². The van der Waals surface area contributed by atoms with Crippen molar-refractivity contribution in [2.24, 2.45) is 0 Å². The first kappa shape index (κ1) is 18.1. The molecule has 24 heavy (non-hydrogen) atoms. The monoisotopic (exact) mass is 353 g/mol. The fourth-order valence-corrected chi connectivity index (χ4v) is 2.64. The van der Waals surface area contributed by atoms with Gasteiger partial charge < -0.3 is 10.1 Å². The molecule has 0 saturated carbocycles. The van der Waals surface area contributed by atoms with Gasteiger partial charge in [0.15, 0.2) is 5.16 Å². The maximum Gasteiger partial charge on any atom is 0.387 e. The number of rotatable bonds is 7. The average molecular weight is 353 g/mol. The summed E-state index contributed by atoms with van der Waals surface area (Å²) >= 11 is 1.26. The standard InChI is InChI=1S/C16H17F2N3O2S/c1-10(12-4-6-13(7-5-12)23-15(17)18)21-14(22)11(2)24-16-19-8-3-9-20-16/h3-11,15H,1-2H3,(H,21,22). The van der Waals surface area contributed by atoms with Gasteiger partial charge in [-0.1, -0.05) is 23.9 Å². The summed E-state index contributed by atoms with van der Waals surface area (Å²) in [5.41, 5.74) is 0.790. The van der Waals surface area contributed by atoms with Crippen molar-refractivity contribution in [1.29, 1.82) is 0 Å². The molecule has 2 atom stereocenters. The smallest absolute Gasteiger partial charge is 0.387 e. The Hall–Kier alpha value is -2.22. The van der Waals surface area contributed by atoms with E-state index in [1.807, 2.05) is 6.92 Å². The van der Waals surface area contributed by atoms with Crippen molar-refractivity contribution in [2.75, 3.05) is 0 Å². The first-order valence-electron chi connectivity index (χ1n) is 7.24. The normalized spacial score (nSPS) is 13.4. The lowest BCUT2D eigenvalue weighted by molar-refractivity contribution is -0.120. The van der Waals surface area contributed by atoms with Gasteiger partial charge in [0.2, 0.25) is 5.91 Å². The fourth-order valence-electron chi connectivity index (χ4n) is 1.91. The molecule has 1 N–H and O–H groups in total. The Balaban J connectivity index is 1.90. The van der Waals surface area contributed by atoms with Crippen LogP contribution in [0.25, 0.3) is 0 Å². The highest BCUT2D eigenvalue weighted by Gasteiger charge is 2.18. The number of carbonyl (C=O) groups is 1. The van der Waals surface area contributed by atoms with Crippen LogP contribution in [0.5, 0.6) is 5.75 Å². The summed E-state index contributed by atoms with van der Waals surface area (Å²) < 4.78 is 28.6. The van der Waals surface area contributed by atoms with E-state index in [-0.39, 0.29) is 22.9 Å². The molecule has 0 fully saturated rings. The van der Waals surface area contributed by atoms with Crippen LogP contribution in [-0.4, -0.2) is 27.7 Å². The summed E-state index contributed by atoms with van der Waals surface area (Å²) in [6.07, 6.45) is 3.23. The van der Waals surface area contributed by atoms with Gasteiger partial charge in [-0.15, -0.1) is 0 Å². The number of ether oxygens (including phenoxy) is 1. The number of alkyl halides is 2. The van der Waals surface area contributed by atoms with Gasteiger partial charge in [0.05, 0.1) is 11.3 Å². The molecule has 0 aliphatic heterocycles. The van der Waals surface area contributed by atoms with E-state index in [0.717, 1.165) is 5.56 Å². The fraction of sp³-hybridized carbons (Fsp3) is 0.312. The number of carbonyl (C=O) groups excluding carboxylic acids is 1. The van der Waals surface area contributed by atoms with Crippen molar-refractivity contribution in [2.45, 2.75) is 36.9 Å². The van der Waals surface area contributed by atoms with Crippen LogP contribution >= 0.6 is 11.8 Å². The van der Waals surface area contributed by atoms with Gasteiger partial charge in [0, 0.05) is 12.4 Å². The highest BCUT2D eigenvalue weighted by molar-refractivity contribution is 8.00. The molecule has 0 radical (unpaired) electrons. The minimum atomic E-state index is -2.86. The summed E-state index contributed by atoms with van der Waals surface area (Å²) in [5.74, 6) is -0.0784. The zero-order valence-electron chi connectivity index (χ0n) is 13.1. The Morgan fingerprint density at radius 2 is 1.79 bits per heavy atom. The van der Waals surface area contributed by atoms with Gasteiger partial charge in [0.1, 0.15) is 5.75 Å². The van der Waals surface area contributed by atoms with E-state index < -0.39 is 6.61 Å². The topological polar surface area (TPSA) is 64.1 Å². The van der Waals surface area contributed by atoms with Gasteiger partial charge in [-0.25, -0.2) is 9.97 Å². The first-order valence-corrected chi connectivity index (χ1v) is 8.12. The molecule has 0 aliphatic carbocycles. The van der Waals surface area contributed by atoms with Crippen LogP contribution < -0.4 is 10.1 Å². The van der Waals surface area contributed by atoms with Gasteiger partial charge in [-0.3, -0.25) is 4.79 Å². The van der Waals surface area contributed by atoms with Crippen molar-refractivity contribution >= 4 is 17.7 Å². The van der Waals surface area contributed by atoms with E-state index in [0.29, 0.717) is 5.16 Å². The predicted molar refractivity (Wildman–Crippen MR) is 87.0 cm³/mol. The summed E-state index contributed by atoms with van der Waals surface area (Å²) in [6.45, 7) is 0.728. The summed E-state index contributed by atoms with van der Waals surface area (Å²) in [7, 11) is 0. The van der Waals surface area contributed by atoms with Crippen LogP contribution in [0.15, 0.2) is 47.9 Å². The van der Waals surface area contributed by atoms with E-state index in [9.17, 15) is 13.6 Å². The molecule has 1 aromatic carbocycles. The third-order valence-corrected chi connectivity index (χ3v) is 4.15. The number of aromatic nitrogens is 2. The number of thioether (sulfide) groups is 1. The molecular formula is C16H17F2N3O2S. The van der Waals surface area contributed by atoms with Crippen LogP contribution in [0.3, 0.4) is 0 Å².